The van der Waals surface area contributed by atoms with Gasteiger partial charge in [-0.2, -0.15) is 0 Å². The van der Waals surface area contributed by atoms with E-state index in [1.54, 1.807) is 13.2 Å². The lowest BCUT2D eigenvalue weighted by atomic mass is 10.2. The van der Waals surface area contributed by atoms with Crippen LogP contribution in [0.3, 0.4) is 0 Å². The van der Waals surface area contributed by atoms with Gasteiger partial charge in [0.15, 0.2) is 0 Å². The summed E-state index contributed by atoms with van der Waals surface area (Å²) in [6.07, 6.45) is 1.32. The number of hydrogen-bond donors (Lipinski definition) is 1. The standard InChI is InChI=1S/C20H24N2O5S/c1-26-13-5-11-21-20(23)17-14-16(8-9-19(17)27-2)28(24,25)22-12-10-15-6-3-4-7-18(15)22/h3-4,6-9,14H,5,10-13H2,1-2H3,(H,21,23). The number of nitrogens with zero attached hydrogens (tertiary/aromatic N) is 1. The van der Waals surface area contributed by atoms with E-state index in [2.05, 4.69) is 5.32 Å². The Labute approximate surface area is 165 Å². The van der Waals surface area contributed by atoms with Crippen molar-refractivity contribution in [2.45, 2.75) is 17.7 Å². The smallest absolute Gasteiger partial charge is 0.264 e. The maximum Gasteiger partial charge on any atom is 0.264 e. The Morgan fingerprint density at radius 2 is 1.96 bits per heavy atom. The van der Waals surface area contributed by atoms with E-state index in [-0.39, 0.29) is 16.4 Å². The van der Waals surface area contributed by atoms with E-state index in [9.17, 15) is 13.2 Å². The lowest BCUT2D eigenvalue weighted by Gasteiger charge is -2.20. The molecule has 1 heterocycles. The molecular weight excluding hydrogens is 380 g/mol. The van der Waals surface area contributed by atoms with Crippen molar-refractivity contribution in [3.05, 3.63) is 53.6 Å². The third-order valence-corrected chi connectivity index (χ3v) is 6.47. The molecule has 3 rings (SSSR count). The van der Waals surface area contributed by atoms with Crippen molar-refractivity contribution < 1.29 is 22.7 Å². The van der Waals surface area contributed by atoms with Crippen LogP contribution in [0.4, 0.5) is 5.69 Å². The van der Waals surface area contributed by atoms with Crippen LogP contribution in [0.2, 0.25) is 0 Å². The van der Waals surface area contributed by atoms with Gasteiger partial charge >= 0.3 is 0 Å². The molecule has 1 aliphatic rings. The summed E-state index contributed by atoms with van der Waals surface area (Å²) in [7, 11) is -0.745. The minimum absolute atomic E-state index is 0.0621. The molecule has 0 fully saturated rings. The van der Waals surface area contributed by atoms with Gasteiger partial charge < -0.3 is 14.8 Å². The summed E-state index contributed by atoms with van der Waals surface area (Å²) in [5.41, 5.74) is 1.87. The fraction of sp³-hybridized carbons (Fsp3) is 0.350. The Morgan fingerprint density at radius 1 is 1.18 bits per heavy atom. The van der Waals surface area contributed by atoms with E-state index in [4.69, 9.17) is 9.47 Å². The molecule has 0 radical (unpaired) electrons. The highest BCUT2D eigenvalue weighted by atomic mass is 32.2. The first kappa shape index (κ1) is 20.2. The van der Waals surface area contributed by atoms with Gasteiger partial charge in [0.2, 0.25) is 0 Å². The van der Waals surface area contributed by atoms with Crippen LogP contribution in [0, 0.1) is 0 Å². The van der Waals surface area contributed by atoms with Crippen LogP contribution in [-0.2, 0) is 21.2 Å². The Kier molecular flexibility index (Phi) is 6.21. The van der Waals surface area contributed by atoms with Crippen molar-refractivity contribution in [3.8, 4) is 5.75 Å². The molecule has 1 aliphatic heterocycles. The zero-order valence-corrected chi connectivity index (χ0v) is 16.8. The van der Waals surface area contributed by atoms with Crippen LogP contribution >= 0.6 is 0 Å². The molecular formula is C20H24N2O5S. The number of benzene rings is 2. The van der Waals surface area contributed by atoms with Gasteiger partial charge in [-0.1, -0.05) is 18.2 Å². The lowest BCUT2D eigenvalue weighted by Crippen LogP contribution is -2.30. The minimum atomic E-state index is -3.78. The highest BCUT2D eigenvalue weighted by molar-refractivity contribution is 7.92. The lowest BCUT2D eigenvalue weighted by molar-refractivity contribution is 0.0945. The van der Waals surface area contributed by atoms with Crippen LogP contribution in [0.15, 0.2) is 47.4 Å². The van der Waals surface area contributed by atoms with E-state index < -0.39 is 10.0 Å². The molecule has 7 nitrogen and oxygen atoms in total. The quantitative estimate of drug-likeness (QED) is 0.682. The molecule has 0 aromatic heterocycles. The number of rotatable bonds is 8. The number of hydrogen-bond acceptors (Lipinski definition) is 5. The maximum absolute atomic E-state index is 13.2. The fourth-order valence-corrected chi connectivity index (χ4v) is 4.75. The second-order valence-electron chi connectivity index (χ2n) is 6.42. The van der Waals surface area contributed by atoms with Crippen LogP contribution < -0.4 is 14.4 Å². The third kappa shape index (κ3) is 3.98. The number of fused-ring (bicyclic) bond motifs is 1. The fourth-order valence-electron chi connectivity index (χ4n) is 3.22. The molecule has 0 aliphatic carbocycles. The van der Waals surface area contributed by atoms with Crippen molar-refractivity contribution in [3.63, 3.8) is 0 Å². The van der Waals surface area contributed by atoms with E-state index in [1.807, 2.05) is 18.2 Å². The summed E-state index contributed by atoms with van der Waals surface area (Å²) in [4.78, 5) is 12.6. The zero-order chi connectivity index (χ0) is 20.1. The van der Waals surface area contributed by atoms with Gasteiger partial charge in [0, 0.05) is 26.8 Å². The number of para-hydroxylation sites is 1. The molecule has 0 saturated heterocycles. The van der Waals surface area contributed by atoms with Crippen LogP contribution in [0.25, 0.3) is 0 Å². The van der Waals surface area contributed by atoms with Gasteiger partial charge in [-0.15, -0.1) is 0 Å². The first-order valence-electron chi connectivity index (χ1n) is 9.05. The summed E-state index contributed by atoms with van der Waals surface area (Å²) < 4.78 is 38.0. The molecule has 0 spiro atoms. The molecule has 0 bridgehead atoms. The first-order valence-corrected chi connectivity index (χ1v) is 10.5. The molecule has 0 atom stereocenters. The highest BCUT2D eigenvalue weighted by Gasteiger charge is 2.31. The van der Waals surface area contributed by atoms with Crippen molar-refractivity contribution in [1.82, 2.24) is 5.32 Å². The molecule has 2 aromatic rings. The molecule has 8 heteroatoms. The molecule has 0 saturated carbocycles. The van der Waals surface area contributed by atoms with Gasteiger partial charge in [-0.05, 0) is 42.7 Å². The van der Waals surface area contributed by atoms with Crippen molar-refractivity contribution in [2.75, 3.05) is 38.2 Å². The minimum Gasteiger partial charge on any atom is -0.496 e. The number of methoxy groups -OCH3 is 2. The number of anilines is 1. The van der Waals surface area contributed by atoms with E-state index in [0.717, 1.165) is 5.56 Å². The summed E-state index contributed by atoms with van der Waals surface area (Å²) in [6.45, 7) is 1.33. The summed E-state index contributed by atoms with van der Waals surface area (Å²) in [6, 6.07) is 11.8. The number of sulfonamides is 1. The van der Waals surface area contributed by atoms with Gasteiger partial charge in [0.25, 0.3) is 15.9 Å². The van der Waals surface area contributed by atoms with Crippen molar-refractivity contribution in [2.24, 2.45) is 0 Å². The van der Waals surface area contributed by atoms with Gasteiger partial charge in [0.1, 0.15) is 5.75 Å². The predicted octanol–water partition coefficient (Wildman–Crippen LogP) is 2.21. The third-order valence-electron chi connectivity index (χ3n) is 4.66. The average molecular weight is 404 g/mol. The first-order chi connectivity index (χ1) is 13.5. The van der Waals surface area contributed by atoms with Crippen molar-refractivity contribution in [1.29, 1.82) is 0 Å². The van der Waals surface area contributed by atoms with E-state index >= 15 is 0 Å². The molecule has 1 N–H and O–H groups in total. The Morgan fingerprint density at radius 3 is 2.71 bits per heavy atom. The Balaban J connectivity index is 1.89. The normalized spacial score (nSPS) is 13.3. The Hall–Kier alpha value is -2.58. The van der Waals surface area contributed by atoms with Gasteiger partial charge in [0.05, 0.1) is 23.3 Å². The van der Waals surface area contributed by atoms with E-state index in [0.29, 0.717) is 44.0 Å². The van der Waals surface area contributed by atoms with Gasteiger partial charge in [-0.25, -0.2) is 8.42 Å². The maximum atomic E-state index is 13.2. The number of amides is 1. The van der Waals surface area contributed by atoms with Gasteiger partial charge in [-0.3, -0.25) is 9.10 Å². The predicted molar refractivity (Wildman–Crippen MR) is 106 cm³/mol. The molecule has 0 unspecified atom stereocenters. The second kappa shape index (κ2) is 8.62. The Bertz CT molecular complexity index is 959. The van der Waals surface area contributed by atoms with Crippen LogP contribution in [0.5, 0.6) is 5.75 Å². The van der Waals surface area contributed by atoms with Crippen LogP contribution in [0.1, 0.15) is 22.3 Å². The molecule has 2 aromatic carbocycles. The monoisotopic (exact) mass is 404 g/mol. The summed E-state index contributed by atoms with van der Waals surface area (Å²) >= 11 is 0. The van der Waals surface area contributed by atoms with Crippen molar-refractivity contribution >= 4 is 21.6 Å². The molecule has 28 heavy (non-hydrogen) atoms. The number of carbonyl (C=O) groups is 1. The average Bonchev–Trinajstić information content (AvgIpc) is 3.15. The SMILES string of the molecule is COCCCNC(=O)c1cc(S(=O)(=O)N2CCc3ccccc32)ccc1OC. The number of nitrogens with one attached hydrogen (secondary N) is 1. The summed E-state index contributed by atoms with van der Waals surface area (Å²) in [5, 5.41) is 2.76. The van der Waals surface area contributed by atoms with Crippen LogP contribution in [-0.4, -0.2) is 48.2 Å². The highest BCUT2D eigenvalue weighted by Crippen LogP contribution is 2.33. The number of carbonyl (C=O) groups excluding carboxylic acids is 1. The largest absolute Gasteiger partial charge is 0.496 e. The van der Waals surface area contributed by atoms with E-state index in [1.165, 1.54) is 29.6 Å². The summed E-state index contributed by atoms with van der Waals surface area (Å²) in [5.74, 6) is -0.0585. The topological polar surface area (TPSA) is 84.9 Å². The molecule has 1 amide bonds. The second-order valence-corrected chi connectivity index (χ2v) is 8.28. The number of ether oxygens (including phenoxy) is 2. The zero-order valence-electron chi connectivity index (χ0n) is 16.0. The molecule has 150 valence electrons.